The van der Waals surface area contributed by atoms with Crippen molar-refractivity contribution < 1.29 is 19.1 Å². The maximum atomic E-state index is 12.5. The SMILES string of the molecule is COc1cccc(C(O)C(=O)N(C)Cc2cc3ccccc3o2)c1. The molecule has 5 heteroatoms. The van der Waals surface area contributed by atoms with Crippen molar-refractivity contribution in [3.8, 4) is 5.75 Å². The highest BCUT2D eigenvalue weighted by Crippen LogP contribution is 2.23. The van der Waals surface area contributed by atoms with Gasteiger partial charge < -0.3 is 19.2 Å². The zero-order valence-corrected chi connectivity index (χ0v) is 13.6. The first-order chi connectivity index (χ1) is 11.6. The van der Waals surface area contributed by atoms with E-state index in [1.54, 1.807) is 38.4 Å². The molecule has 0 saturated carbocycles. The lowest BCUT2D eigenvalue weighted by Gasteiger charge is -2.20. The third-order valence-electron chi connectivity index (χ3n) is 3.89. The van der Waals surface area contributed by atoms with Gasteiger partial charge in [-0.05, 0) is 29.8 Å². The van der Waals surface area contributed by atoms with Crippen molar-refractivity contribution in [1.82, 2.24) is 4.90 Å². The van der Waals surface area contributed by atoms with Gasteiger partial charge in [0.2, 0.25) is 0 Å². The molecule has 24 heavy (non-hydrogen) atoms. The number of nitrogens with zero attached hydrogens (tertiary/aromatic N) is 1. The van der Waals surface area contributed by atoms with E-state index in [2.05, 4.69) is 0 Å². The second kappa shape index (κ2) is 6.76. The van der Waals surface area contributed by atoms with Gasteiger partial charge in [0, 0.05) is 12.4 Å². The molecule has 3 rings (SSSR count). The van der Waals surface area contributed by atoms with E-state index in [0.717, 1.165) is 11.0 Å². The molecule has 0 aliphatic heterocycles. The number of aliphatic hydroxyl groups is 1. The smallest absolute Gasteiger partial charge is 0.256 e. The topological polar surface area (TPSA) is 62.9 Å². The lowest BCUT2D eigenvalue weighted by Crippen LogP contribution is -2.31. The summed E-state index contributed by atoms with van der Waals surface area (Å²) in [6, 6.07) is 16.4. The minimum Gasteiger partial charge on any atom is -0.497 e. The molecule has 3 aromatic rings. The van der Waals surface area contributed by atoms with Crippen molar-refractivity contribution >= 4 is 16.9 Å². The van der Waals surface area contributed by atoms with Gasteiger partial charge in [-0.3, -0.25) is 4.79 Å². The van der Waals surface area contributed by atoms with Gasteiger partial charge in [-0.15, -0.1) is 0 Å². The van der Waals surface area contributed by atoms with Gasteiger partial charge in [-0.25, -0.2) is 0 Å². The fraction of sp³-hybridized carbons (Fsp3) is 0.211. The molecule has 124 valence electrons. The van der Waals surface area contributed by atoms with Gasteiger partial charge in [-0.1, -0.05) is 30.3 Å². The molecule has 0 aliphatic rings. The molecule has 1 atom stereocenters. The van der Waals surface area contributed by atoms with Crippen LogP contribution in [-0.2, 0) is 11.3 Å². The molecule has 0 fully saturated rings. The van der Waals surface area contributed by atoms with Crippen LogP contribution in [0.4, 0.5) is 0 Å². The number of benzene rings is 2. The summed E-state index contributed by atoms with van der Waals surface area (Å²) in [5.74, 6) is 0.868. The number of likely N-dealkylation sites (N-methyl/N-ethyl adjacent to an activating group) is 1. The number of fused-ring (bicyclic) bond motifs is 1. The summed E-state index contributed by atoms with van der Waals surface area (Å²) in [5.41, 5.74) is 1.28. The first-order valence-corrected chi connectivity index (χ1v) is 7.63. The molecule has 1 aromatic heterocycles. The Bertz CT molecular complexity index is 822. The summed E-state index contributed by atoms with van der Waals surface area (Å²) in [6.45, 7) is 0.286. The average Bonchev–Trinajstić information content (AvgIpc) is 3.02. The highest BCUT2D eigenvalue weighted by atomic mass is 16.5. The van der Waals surface area contributed by atoms with Crippen molar-refractivity contribution in [3.63, 3.8) is 0 Å². The molecular weight excluding hydrogens is 306 g/mol. The minimum absolute atomic E-state index is 0.286. The largest absolute Gasteiger partial charge is 0.497 e. The Morgan fingerprint density at radius 3 is 2.75 bits per heavy atom. The second-order valence-electron chi connectivity index (χ2n) is 5.62. The van der Waals surface area contributed by atoms with Crippen LogP contribution < -0.4 is 4.74 Å². The number of hydrogen-bond acceptors (Lipinski definition) is 4. The van der Waals surface area contributed by atoms with Crippen LogP contribution in [0.2, 0.25) is 0 Å². The summed E-state index contributed by atoms with van der Waals surface area (Å²) < 4.78 is 10.8. The van der Waals surface area contributed by atoms with Crippen LogP contribution in [0.3, 0.4) is 0 Å². The summed E-state index contributed by atoms with van der Waals surface area (Å²) >= 11 is 0. The normalized spacial score (nSPS) is 12.1. The molecule has 0 bridgehead atoms. The molecule has 1 heterocycles. The van der Waals surface area contributed by atoms with Gasteiger partial charge >= 0.3 is 0 Å². The lowest BCUT2D eigenvalue weighted by atomic mass is 10.1. The van der Waals surface area contributed by atoms with Gasteiger partial charge in [0.05, 0.1) is 13.7 Å². The fourth-order valence-electron chi connectivity index (χ4n) is 2.59. The van der Waals surface area contributed by atoms with Crippen molar-refractivity contribution in [3.05, 3.63) is 65.9 Å². The number of carbonyl (C=O) groups excluding carboxylic acids is 1. The molecule has 0 radical (unpaired) electrons. The van der Waals surface area contributed by atoms with Gasteiger partial charge in [-0.2, -0.15) is 0 Å². The summed E-state index contributed by atoms with van der Waals surface area (Å²) in [7, 11) is 3.18. The van der Waals surface area contributed by atoms with E-state index in [0.29, 0.717) is 17.1 Å². The van der Waals surface area contributed by atoms with Crippen molar-refractivity contribution in [1.29, 1.82) is 0 Å². The Hall–Kier alpha value is -2.79. The van der Waals surface area contributed by atoms with E-state index in [-0.39, 0.29) is 6.54 Å². The van der Waals surface area contributed by atoms with Crippen molar-refractivity contribution in [2.24, 2.45) is 0 Å². The quantitative estimate of drug-likeness (QED) is 0.783. The third kappa shape index (κ3) is 3.26. The maximum absolute atomic E-state index is 12.5. The number of methoxy groups -OCH3 is 1. The van der Waals surface area contributed by atoms with Crippen LogP contribution in [0.15, 0.2) is 59.0 Å². The number of amides is 1. The number of para-hydroxylation sites is 1. The number of aliphatic hydroxyl groups excluding tert-OH is 1. The Labute approximate surface area is 140 Å². The van der Waals surface area contributed by atoms with E-state index in [1.165, 1.54) is 4.90 Å². The lowest BCUT2D eigenvalue weighted by molar-refractivity contribution is -0.139. The molecule has 1 unspecified atom stereocenters. The Kier molecular flexibility index (Phi) is 4.53. The number of furan rings is 1. The van der Waals surface area contributed by atoms with Crippen LogP contribution in [0.25, 0.3) is 11.0 Å². The summed E-state index contributed by atoms with van der Waals surface area (Å²) in [6.07, 6.45) is -1.24. The number of carbonyl (C=O) groups is 1. The van der Waals surface area contributed by atoms with E-state index in [9.17, 15) is 9.90 Å². The van der Waals surface area contributed by atoms with Crippen LogP contribution in [0.5, 0.6) is 5.75 Å². The maximum Gasteiger partial charge on any atom is 0.256 e. The van der Waals surface area contributed by atoms with Crippen molar-refractivity contribution in [2.45, 2.75) is 12.6 Å². The van der Waals surface area contributed by atoms with Crippen LogP contribution in [0.1, 0.15) is 17.4 Å². The standard InChI is InChI=1S/C19H19NO4/c1-20(12-16-10-13-6-3-4-9-17(13)24-16)19(22)18(21)14-7-5-8-15(11-14)23-2/h3-11,18,21H,12H2,1-2H3. The predicted octanol–water partition coefficient (Wildman–Crippen LogP) is 3.13. The van der Waals surface area contributed by atoms with E-state index in [1.807, 2.05) is 30.3 Å². The molecular formula is C19H19NO4. The van der Waals surface area contributed by atoms with E-state index < -0.39 is 12.0 Å². The third-order valence-corrected chi connectivity index (χ3v) is 3.89. The Morgan fingerprint density at radius 1 is 1.21 bits per heavy atom. The molecule has 0 spiro atoms. The summed E-state index contributed by atoms with van der Waals surface area (Å²) in [4.78, 5) is 13.9. The zero-order chi connectivity index (χ0) is 17.1. The van der Waals surface area contributed by atoms with E-state index in [4.69, 9.17) is 9.15 Å². The molecule has 1 amide bonds. The van der Waals surface area contributed by atoms with Crippen molar-refractivity contribution in [2.75, 3.05) is 14.2 Å². The summed E-state index contributed by atoms with van der Waals surface area (Å²) in [5, 5.41) is 11.3. The fourth-order valence-corrected chi connectivity index (χ4v) is 2.59. The van der Waals surface area contributed by atoms with Crippen LogP contribution in [0, 0.1) is 0 Å². The monoisotopic (exact) mass is 325 g/mol. The van der Waals surface area contributed by atoms with Gasteiger partial charge in [0.1, 0.15) is 17.1 Å². The van der Waals surface area contributed by atoms with Crippen LogP contribution >= 0.6 is 0 Å². The van der Waals surface area contributed by atoms with Gasteiger partial charge in [0.25, 0.3) is 5.91 Å². The number of hydrogen-bond donors (Lipinski definition) is 1. The predicted molar refractivity (Wildman–Crippen MR) is 90.6 cm³/mol. The highest BCUT2D eigenvalue weighted by Gasteiger charge is 2.22. The first-order valence-electron chi connectivity index (χ1n) is 7.63. The highest BCUT2D eigenvalue weighted by molar-refractivity contribution is 5.82. The Balaban J connectivity index is 1.73. The first kappa shape index (κ1) is 16.1. The van der Waals surface area contributed by atoms with E-state index >= 15 is 0 Å². The minimum atomic E-state index is -1.24. The molecule has 2 aromatic carbocycles. The number of ether oxygens (including phenoxy) is 1. The molecule has 1 N–H and O–H groups in total. The Morgan fingerprint density at radius 2 is 2.00 bits per heavy atom. The molecule has 0 saturated heterocycles. The molecule has 0 aliphatic carbocycles. The number of rotatable bonds is 5. The van der Waals surface area contributed by atoms with Gasteiger partial charge in [0.15, 0.2) is 6.10 Å². The second-order valence-corrected chi connectivity index (χ2v) is 5.62. The average molecular weight is 325 g/mol. The van der Waals surface area contributed by atoms with Crippen LogP contribution in [-0.4, -0.2) is 30.1 Å². The molecule has 5 nitrogen and oxygen atoms in total. The zero-order valence-electron chi connectivity index (χ0n) is 13.6.